The van der Waals surface area contributed by atoms with E-state index in [4.69, 9.17) is 0 Å². The zero-order chi connectivity index (χ0) is 11.5. The average Bonchev–Trinajstić information content (AvgIpc) is 2.17. The van der Waals surface area contributed by atoms with Crippen LogP contribution in [0.5, 0.6) is 0 Å². The lowest BCUT2D eigenvalue weighted by Crippen LogP contribution is -2.27. The molecule has 0 atom stereocenters. The van der Waals surface area contributed by atoms with E-state index in [0.717, 1.165) is 9.99 Å². The quantitative estimate of drug-likeness (QED) is 0.673. The Balaban J connectivity index is 2.70. The second-order valence-corrected chi connectivity index (χ2v) is 5.15. The molecule has 0 aliphatic rings. The molecule has 0 aliphatic heterocycles. The molecule has 1 N–H and O–H groups in total. The van der Waals surface area contributed by atoms with Crippen molar-refractivity contribution >= 4 is 34.3 Å². The van der Waals surface area contributed by atoms with Crippen LogP contribution in [0, 0.1) is 5.41 Å². The number of hydrogen-bond acceptors (Lipinski definition) is 2. The highest BCUT2D eigenvalue weighted by atomic mass is 127. The third-order valence-electron chi connectivity index (χ3n) is 1.90. The van der Waals surface area contributed by atoms with Crippen LogP contribution >= 0.6 is 22.6 Å². The Labute approximate surface area is 104 Å². The lowest BCUT2D eigenvalue weighted by molar-refractivity contribution is -0.123. The van der Waals surface area contributed by atoms with Gasteiger partial charge in [-0.2, -0.15) is 0 Å². The van der Waals surface area contributed by atoms with E-state index in [1.54, 1.807) is 6.20 Å². The first kappa shape index (κ1) is 12.4. The van der Waals surface area contributed by atoms with Gasteiger partial charge in [0.05, 0.1) is 0 Å². The van der Waals surface area contributed by atoms with Gasteiger partial charge in [0.1, 0.15) is 5.82 Å². The average molecular weight is 318 g/mol. The Morgan fingerprint density at radius 2 is 2.13 bits per heavy atom. The summed E-state index contributed by atoms with van der Waals surface area (Å²) in [4.78, 5) is 15.8. The fourth-order valence-corrected chi connectivity index (χ4v) is 1.33. The highest BCUT2D eigenvalue weighted by molar-refractivity contribution is 14.1. The first-order valence-electron chi connectivity index (χ1n) is 4.76. The van der Waals surface area contributed by atoms with Crippen molar-refractivity contribution in [3.05, 3.63) is 23.9 Å². The molecular formula is C11H15IN2O. The number of aromatic nitrogens is 1. The summed E-state index contributed by atoms with van der Waals surface area (Å²) in [5.74, 6) is 0.598. The Kier molecular flexibility index (Phi) is 4.07. The van der Waals surface area contributed by atoms with E-state index >= 15 is 0 Å². The fourth-order valence-electron chi connectivity index (χ4n) is 0.881. The number of nitrogens with one attached hydrogen (secondary N) is 1. The Morgan fingerprint density at radius 3 is 2.53 bits per heavy atom. The second kappa shape index (κ2) is 4.92. The molecule has 0 bridgehead atoms. The molecule has 0 radical (unpaired) electrons. The van der Waals surface area contributed by atoms with E-state index in [1.807, 2.05) is 32.9 Å². The Bertz CT molecular complexity index is 341. The number of alkyl halides is 1. The van der Waals surface area contributed by atoms with Crippen molar-refractivity contribution in [3.8, 4) is 0 Å². The van der Waals surface area contributed by atoms with Crippen molar-refractivity contribution in [1.82, 2.24) is 4.98 Å². The van der Waals surface area contributed by atoms with Crippen molar-refractivity contribution < 1.29 is 4.79 Å². The molecule has 3 nitrogen and oxygen atoms in total. The van der Waals surface area contributed by atoms with Gasteiger partial charge in [-0.05, 0) is 11.6 Å². The summed E-state index contributed by atoms with van der Waals surface area (Å²) in [5.41, 5.74) is 0.772. The minimum atomic E-state index is -0.385. The number of carbonyl (C=O) groups excluding carboxylic acids is 1. The predicted molar refractivity (Wildman–Crippen MR) is 70.0 cm³/mol. The molecule has 0 saturated carbocycles. The van der Waals surface area contributed by atoms with E-state index in [2.05, 4.69) is 32.9 Å². The van der Waals surface area contributed by atoms with Gasteiger partial charge in [-0.25, -0.2) is 4.98 Å². The Morgan fingerprint density at radius 1 is 1.47 bits per heavy atom. The van der Waals surface area contributed by atoms with Crippen LogP contribution in [0.3, 0.4) is 0 Å². The number of rotatable bonds is 2. The van der Waals surface area contributed by atoms with E-state index in [1.165, 1.54) is 0 Å². The molecule has 0 fully saturated rings. The molecule has 0 aromatic carbocycles. The van der Waals surface area contributed by atoms with Gasteiger partial charge in [0, 0.05) is 16.0 Å². The molecule has 0 unspecified atom stereocenters. The highest BCUT2D eigenvalue weighted by Gasteiger charge is 2.21. The Hall–Kier alpha value is -0.650. The van der Waals surface area contributed by atoms with Crippen LogP contribution in [0.2, 0.25) is 0 Å². The maximum Gasteiger partial charge on any atom is 0.230 e. The lowest BCUT2D eigenvalue weighted by Gasteiger charge is -2.17. The number of carbonyl (C=O) groups is 1. The minimum absolute atomic E-state index is 0.0165. The molecule has 1 heterocycles. The largest absolute Gasteiger partial charge is 0.310 e. The smallest absolute Gasteiger partial charge is 0.230 e. The van der Waals surface area contributed by atoms with Crippen molar-refractivity contribution in [2.45, 2.75) is 25.2 Å². The third kappa shape index (κ3) is 3.77. The van der Waals surface area contributed by atoms with E-state index in [-0.39, 0.29) is 11.3 Å². The van der Waals surface area contributed by atoms with Gasteiger partial charge in [0.25, 0.3) is 0 Å². The number of nitrogens with zero attached hydrogens (tertiary/aromatic N) is 1. The number of halogens is 1. The topological polar surface area (TPSA) is 42.0 Å². The van der Waals surface area contributed by atoms with Crippen molar-refractivity contribution in [1.29, 1.82) is 0 Å². The van der Waals surface area contributed by atoms with Gasteiger partial charge in [-0.3, -0.25) is 4.79 Å². The maximum atomic E-state index is 11.6. The SMILES string of the molecule is CC(C)(C)C(=O)Nc1ccc(CI)cn1. The molecule has 82 valence electrons. The number of anilines is 1. The summed E-state index contributed by atoms with van der Waals surface area (Å²) in [5, 5.41) is 2.78. The molecule has 1 aromatic rings. The normalized spacial score (nSPS) is 11.2. The molecule has 15 heavy (non-hydrogen) atoms. The molecular weight excluding hydrogens is 303 g/mol. The standard InChI is InChI=1S/C11H15IN2O/c1-11(2,3)10(15)14-9-5-4-8(6-12)7-13-9/h4-5,7H,6H2,1-3H3,(H,13,14,15). The summed E-state index contributed by atoms with van der Waals surface area (Å²) >= 11 is 2.28. The second-order valence-electron chi connectivity index (χ2n) is 4.39. The van der Waals surface area contributed by atoms with Crippen LogP contribution in [0.25, 0.3) is 0 Å². The number of pyridine rings is 1. The van der Waals surface area contributed by atoms with Gasteiger partial charge in [0.15, 0.2) is 0 Å². The van der Waals surface area contributed by atoms with Crippen molar-refractivity contribution in [2.75, 3.05) is 5.32 Å². The van der Waals surface area contributed by atoms with Crippen LogP contribution in [0.15, 0.2) is 18.3 Å². The highest BCUT2D eigenvalue weighted by Crippen LogP contribution is 2.16. The summed E-state index contributed by atoms with van der Waals surface area (Å²) in [7, 11) is 0. The van der Waals surface area contributed by atoms with Gasteiger partial charge in [-0.1, -0.05) is 49.4 Å². The summed E-state index contributed by atoms with van der Waals surface area (Å²) in [6.07, 6.45) is 1.78. The van der Waals surface area contributed by atoms with Crippen LogP contribution in [-0.4, -0.2) is 10.9 Å². The van der Waals surface area contributed by atoms with Gasteiger partial charge < -0.3 is 5.32 Å². The number of hydrogen-bond donors (Lipinski definition) is 1. The molecule has 0 aliphatic carbocycles. The summed E-state index contributed by atoms with van der Waals surface area (Å²) in [6, 6.07) is 3.80. The summed E-state index contributed by atoms with van der Waals surface area (Å²) < 4.78 is 0.929. The molecule has 1 rings (SSSR count). The minimum Gasteiger partial charge on any atom is -0.310 e. The third-order valence-corrected chi connectivity index (χ3v) is 2.78. The predicted octanol–water partition coefficient (Wildman–Crippen LogP) is 3.00. The molecule has 0 spiro atoms. The molecule has 0 saturated heterocycles. The maximum absolute atomic E-state index is 11.6. The van der Waals surface area contributed by atoms with Crippen LogP contribution in [-0.2, 0) is 9.22 Å². The van der Waals surface area contributed by atoms with Crippen LogP contribution in [0.1, 0.15) is 26.3 Å². The van der Waals surface area contributed by atoms with Gasteiger partial charge >= 0.3 is 0 Å². The van der Waals surface area contributed by atoms with Gasteiger partial charge in [-0.15, -0.1) is 0 Å². The summed E-state index contributed by atoms with van der Waals surface area (Å²) in [6.45, 7) is 5.63. The van der Waals surface area contributed by atoms with E-state index < -0.39 is 0 Å². The molecule has 4 heteroatoms. The number of amides is 1. The van der Waals surface area contributed by atoms with Gasteiger partial charge in [0.2, 0.25) is 5.91 Å². The van der Waals surface area contributed by atoms with E-state index in [0.29, 0.717) is 5.82 Å². The van der Waals surface area contributed by atoms with Crippen LogP contribution in [0.4, 0.5) is 5.82 Å². The lowest BCUT2D eigenvalue weighted by atomic mass is 9.96. The fraction of sp³-hybridized carbons (Fsp3) is 0.455. The first-order chi connectivity index (χ1) is 6.93. The molecule has 1 aromatic heterocycles. The van der Waals surface area contributed by atoms with E-state index in [9.17, 15) is 4.79 Å². The zero-order valence-electron chi connectivity index (χ0n) is 9.17. The van der Waals surface area contributed by atoms with Crippen molar-refractivity contribution in [3.63, 3.8) is 0 Å². The molecule has 1 amide bonds. The zero-order valence-corrected chi connectivity index (χ0v) is 11.3. The first-order valence-corrected chi connectivity index (χ1v) is 6.28. The van der Waals surface area contributed by atoms with Crippen LogP contribution < -0.4 is 5.32 Å². The monoisotopic (exact) mass is 318 g/mol. The van der Waals surface area contributed by atoms with Crippen molar-refractivity contribution in [2.24, 2.45) is 5.41 Å².